The van der Waals surface area contributed by atoms with Crippen LogP contribution in [-0.2, 0) is 0 Å². The summed E-state index contributed by atoms with van der Waals surface area (Å²) in [6, 6.07) is 5.82. The monoisotopic (exact) mass is 191 g/mol. The van der Waals surface area contributed by atoms with E-state index < -0.39 is 0 Å². The molecule has 1 aromatic rings. The Bertz CT molecular complexity index is 326. The zero-order chi connectivity index (χ0) is 9.84. The first kappa shape index (κ1) is 10.1. The van der Waals surface area contributed by atoms with Gasteiger partial charge in [0.05, 0.1) is 5.02 Å². The smallest absolute Gasteiger partial charge is 0.0516 e. The van der Waals surface area contributed by atoms with E-state index in [1.165, 1.54) is 0 Å². The maximum absolute atomic E-state index is 6.12. The summed E-state index contributed by atoms with van der Waals surface area (Å²) in [5.74, 6) is 0.0346. The Morgan fingerprint density at radius 2 is 2.00 bits per heavy atom. The van der Waals surface area contributed by atoms with Gasteiger partial charge in [0.15, 0.2) is 0 Å². The van der Waals surface area contributed by atoms with Gasteiger partial charge < -0.3 is 0 Å². The van der Waals surface area contributed by atoms with Crippen molar-refractivity contribution in [2.75, 3.05) is 0 Å². The number of allylic oxidation sites excluding steroid dienone is 1. The summed E-state index contributed by atoms with van der Waals surface area (Å²) in [6.07, 6.45) is 3.51. The van der Waals surface area contributed by atoms with E-state index in [9.17, 15) is 0 Å². The van der Waals surface area contributed by atoms with Crippen molar-refractivity contribution in [2.24, 2.45) is 0 Å². The molecular weight excluding hydrogens is 180 g/mol. The van der Waals surface area contributed by atoms with Crippen LogP contribution in [0.15, 0.2) is 37.4 Å². The zero-order valence-corrected chi connectivity index (χ0v) is 8.22. The molecule has 0 heterocycles. The molecule has 67 valence electrons. The van der Waals surface area contributed by atoms with Crippen LogP contribution >= 0.6 is 11.6 Å². The summed E-state index contributed by atoms with van der Waals surface area (Å²) in [5, 5.41) is 0.720. The number of hydrogen-bond donors (Lipinski definition) is 0. The van der Waals surface area contributed by atoms with E-state index in [2.05, 4.69) is 20.1 Å². The van der Waals surface area contributed by atoms with Crippen LogP contribution in [0.25, 0.3) is 6.08 Å². The molecule has 0 saturated carbocycles. The number of halogens is 1. The molecule has 0 fully saturated rings. The van der Waals surface area contributed by atoms with E-state index in [1.807, 2.05) is 18.2 Å². The fourth-order valence-electron chi connectivity index (χ4n) is 1.14. The second-order valence-corrected chi connectivity index (χ2v) is 3.17. The van der Waals surface area contributed by atoms with Crippen molar-refractivity contribution in [1.82, 2.24) is 0 Å². The van der Waals surface area contributed by atoms with E-state index in [4.69, 9.17) is 11.6 Å². The van der Waals surface area contributed by atoms with Crippen LogP contribution in [-0.4, -0.2) is 0 Å². The molecule has 0 nitrogen and oxygen atoms in total. The summed E-state index contributed by atoms with van der Waals surface area (Å²) in [6.45, 7) is 11.3. The molecule has 1 heteroatoms. The molecule has 0 aromatic heterocycles. The van der Waals surface area contributed by atoms with Gasteiger partial charge in [-0.15, -0.1) is 6.58 Å². The predicted molar refractivity (Wildman–Crippen MR) is 59.8 cm³/mol. The second kappa shape index (κ2) is 4.29. The minimum atomic E-state index is 0.0346. The van der Waals surface area contributed by atoms with E-state index >= 15 is 0 Å². The van der Waals surface area contributed by atoms with Crippen molar-refractivity contribution in [2.45, 2.75) is 5.92 Å². The molecule has 0 spiro atoms. The average molecular weight is 192 g/mol. The van der Waals surface area contributed by atoms with Crippen molar-refractivity contribution >= 4 is 17.7 Å². The molecule has 1 rings (SSSR count). The van der Waals surface area contributed by atoms with Crippen LogP contribution in [0, 0.1) is 6.92 Å². The number of rotatable bonds is 3. The van der Waals surface area contributed by atoms with E-state index in [1.54, 1.807) is 12.2 Å². The minimum absolute atomic E-state index is 0.0346. The minimum Gasteiger partial charge on any atom is -0.102 e. The molecular formula is C12H12Cl. The SMILES string of the molecule is [CH2]C(C=C)c1cccc(C=C)c1Cl. The first-order chi connectivity index (χ1) is 6.20. The van der Waals surface area contributed by atoms with Crippen LogP contribution in [0.1, 0.15) is 17.0 Å². The van der Waals surface area contributed by atoms with Crippen LogP contribution in [0.3, 0.4) is 0 Å². The number of hydrogen-bond acceptors (Lipinski definition) is 0. The molecule has 0 bridgehead atoms. The molecule has 1 unspecified atom stereocenters. The lowest BCUT2D eigenvalue weighted by atomic mass is 9.99. The third-order valence-electron chi connectivity index (χ3n) is 1.96. The van der Waals surface area contributed by atoms with Crippen molar-refractivity contribution in [3.63, 3.8) is 0 Å². The largest absolute Gasteiger partial charge is 0.102 e. The molecule has 1 aromatic carbocycles. The van der Waals surface area contributed by atoms with Gasteiger partial charge in [0, 0.05) is 5.92 Å². The van der Waals surface area contributed by atoms with Gasteiger partial charge >= 0.3 is 0 Å². The van der Waals surface area contributed by atoms with Gasteiger partial charge in [-0.25, -0.2) is 0 Å². The normalized spacial score (nSPS) is 12.2. The number of benzene rings is 1. The maximum Gasteiger partial charge on any atom is 0.0516 e. The van der Waals surface area contributed by atoms with Crippen LogP contribution in [0.5, 0.6) is 0 Å². The summed E-state index contributed by atoms with van der Waals surface area (Å²) in [7, 11) is 0. The quantitative estimate of drug-likeness (QED) is 0.632. The topological polar surface area (TPSA) is 0 Å². The Morgan fingerprint density at radius 1 is 1.31 bits per heavy atom. The van der Waals surface area contributed by atoms with E-state index in [0.29, 0.717) is 0 Å². The molecule has 0 aliphatic rings. The first-order valence-corrected chi connectivity index (χ1v) is 4.45. The Balaban J connectivity index is 3.22. The molecule has 13 heavy (non-hydrogen) atoms. The molecule has 1 radical (unpaired) electrons. The van der Waals surface area contributed by atoms with Crippen molar-refractivity contribution < 1.29 is 0 Å². The summed E-state index contributed by atoms with van der Waals surface area (Å²) >= 11 is 6.12. The van der Waals surface area contributed by atoms with Gasteiger partial charge in [-0.3, -0.25) is 0 Å². The summed E-state index contributed by atoms with van der Waals surface area (Å²) < 4.78 is 0. The summed E-state index contributed by atoms with van der Waals surface area (Å²) in [5.41, 5.74) is 1.93. The molecule has 1 atom stereocenters. The molecule has 0 aliphatic heterocycles. The standard InChI is InChI=1S/C12H12Cl/c1-4-9(3)11-8-6-7-10(5-2)12(11)13/h4-9H,1-3H2. The Morgan fingerprint density at radius 3 is 2.54 bits per heavy atom. The maximum atomic E-state index is 6.12. The van der Waals surface area contributed by atoms with Gasteiger partial charge in [0.2, 0.25) is 0 Å². The van der Waals surface area contributed by atoms with Crippen LogP contribution in [0.4, 0.5) is 0 Å². The van der Waals surface area contributed by atoms with Crippen molar-refractivity contribution in [3.8, 4) is 0 Å². The Kier molecular flexibility index (Phi) is 3.32. The summed E-state index contributed by atoms with van der Waals surface area (Å²) in [4.78, 5) is 0. The third kappa shape index (κ3) is 2.02. The Labute approximate surface area is 84.5 Å². The second-order valence-electron chi connectivity index (χ2n) is 2.80. The zero-order valence-electron chi connectivity index (χ0n) is 7.46. The van der Waals surface area contributed by atoms with Gasteiger partial charge in [0.25, 0.3) is 0 Å². The van der Waals surface area contributed by atoms with Gasteiger partial charge in [0.1, 0.15) is 0 Å². The fraction of sp³-hybridized carbons (Fsp3) is 0.0833. The highest BCUT2D eigenvalue weighted by Gasteiger charge is 2.07. The highest BCUT2D eigenvalue weighted by molar-refractivity contribution is 6.32. The fourth-order valence-corrected chi connectivity index (χ4v) is 1.48. The van der Waals surface area contributed by atoms with Gasteiger partial charge in [-0.2, -0.15) is 0 Å². The van der Waals surface area contributed by atoms with Gasteiger partial charge in [-0.1, -0.05) is 48.5 Å². The first-order valence-electron chi connectivity index (χ1n) is 4.07. The lowest BCUT2D eigenvalue weighted by Gasteiger charge is -2.10. The average Bonchev–Trinajstić information content (AvgIpc) is 2.17. The van der Waals surface area contributed by atoms with E-state index in [0.717, 1.165) is 16.1 Å². The third-order valence-corrected chi connectivity index (χ3v) is 2.40. The van der Waals surface area contributed by atoms with Crippen molar-refractivity contribution in [1.29, 1.82) is 0 Å². The highest BCUT2D eigenvalue weighted by atomic mass is 35.5. The Hall–Kier alpha value is -1.01. The predicted octanol–water partition coefficient (Wildman–Crippen LogP) is 4.09. The van der Waals surface area contributed by atoms with E-state index in [-0.39, 0.29) is 5.92 Å². The lowest BCUT2D eigenvalue weighted by molar-refractivity contribution is 1.08. The van der Waals surface area contributed by atoms with Crippen LogP contribution < -0.4 is 0 Å². The molecule has 0 N–H and O–H groups in total. The van der Waals surface area contributed by atoms with Crippen molar-refractivity contribution in [3.05, 3.63) is 60.5 Å². The lowest BCUT2D eigenvalue weighted by Crippen LogP contribution is -1.91. The molecule has 0 saturated heterocycles. The molecule has 0 amide bonds. The molecule has 0 aliphatic carbocycles. The van der Waals surface area contributed by atoms with Gasteiger partial charge in [-0.05, 0) is 18.1 Å². The van der Waals surface area contributed by atoms with Crippen LogP contribution in [0.2, 0.25) is 5.02 Å². The highest BCUT2D eigenvalue weighted by Crippen LogP contribution is 2.28.